The standard InChI is InChI=1S/C32H28F7O8PS2/c33-25-26(34)28(36)30(29(37)27(25)35)47-31(42)20-2-1-19-3-4-22(12-21(19)11-20)32(38,39)48(45-5-7-49-23(40)9-17-13-43-14-17)46-6-8-50-24(41)10-18-15-44-16-18/h1-4,11-12,17-18H,5-10,13-16H2. The first kappa shape index (κ1) is 38.4. The molecule has 0 unspecified atom stereocenters. The van der Waals surface area contributed by atoms with Crippen LogP contribution in [-0.4, -0.2) is 67.3 Å². The minimum atomic E-state index is -3.76. The van der Waals surface area contributed by atoms with Gasteiger partial charge in [-0.25, -0.2) is 18.0 Å². The maximum atomic E-state index is 16.0. The van der Waals surface area contributed by atoms with Gasteiger partial charge in [-0.3, -0.25) is 9.59 Å². The van der Waals surface area contributed by atoms with E-state index in [0.29, 0.717) is 44.7 Å². The predicted octanol–water partition coefficient (Wildman–Crippen LogP) is 7.74. The number of ether oxygens (including phenoxy) is 3. The zero-order valence-corrected chi connectivity index (χ0v) is 28.4. The number of hydrogen-bond acceptors (Lipinski definition) is 10. The lowest BCUT2D eigenvalue weighted by molar-refractivity contribution is -0.116. The third kappa shape index (κ3) is 9.35. The van der Waals surface area contributed by atoms with E-state index in [2.05, 4.69) is 4.74 Å². The van der Waals surface area contributed by atoms with Gasteiger partial charge in [0.15, 0.2) is 10.2 Å². The normalized spacial score (nSPS) is 15.3. The average molecular weight is 769 g/mol. The van der Waals surface area contributed by atoms with Crippen molar-refractivity contribution in [2.24, 2.45) is 11.8 Å². The fourth-order valence-corrected chi connectivity index (χ4v) is 7.64. The Hall–Kier alpha value is -2.79. The Kier molecular flexibility index (Phi) is 13.2. The largest absolute Gasteiger partial charge is 0.416 e. The predicted molar refractivity (Wildman–Crippen MR) is 171 cm³/mol. The van der Waals surface area contributed by atoms with Gasteiger partial charge in [0.2, 0.25) is 34.8 Å². The summed E-state index contributed by atoms with van der Waals surface area (Å²) < 4.78 is 126. The number of carbonyl (C=O) groups is 3. The molecule has 0 saturated carbocycles. The van der Waals surface area contributed by atoms with Gasteiger partial charge in [0.25, 0.3) is 8.38 Å². The van der Waals surface area contributed by atoms with Gasteiger partial charge in [0.1, 0.15) is 0 Å². The second-order valence-electron chi connectivity index (χ2n) is 11.2. The molecule has 2 heterocycles. The molecule has 3 aromatic rings. The first-order valence-corrected chi connectivity index (χ1v) is 18.2. The quantitative estimate of drug-likeness (QED) is 0.0274. The highest BCUT2D eigenvalue weighted by molar-refractivity contribution is 8.13. The van der Waals surface area contributed by atoms with Gasteiger partial charge in [-0.15, -0.1) is 0 Å². The summed E-state index contributed by atoms with van der Waals surface area (Å²) in [7, 11) is -2.98. The number of halogens is 7. The smallest absolute Gasteiger partial charge is 0.343 e. The Morgan fingerprint density at radius 1 is 0.720 bits per heavy atom. The molecule has 0 bridgehead atoms. The summed E-state index contributed by atoms with van der Waals surface area (Å²) in [6.07, 6.45) is 0.580. The molecule has 0 amide bonds. The molecule has 0 spiro atoms. The number of thioether (sulfide) groups is 2. The summed E-state index contributed by atoms with van der Waals surface area (Å²) >= 11 is 1.88. The van der Waals surface area contributed by atoms with Crippen molar-refractivity contribution < 1.29 is 68.4 Å². The highest BCUT2D eigenvalue weighted by Crippen LogP contribution is 2.60. The van der Waals surface area contributed by atoms with Crippen molar-refractivity contribution in [3.8, 4) is 5.75 Å². The van der Waals surface area contributed by atoms with Gasteiger partial charge in [0.05, 0.1) is 45.2 Å². The molecule has 5 rings (SSSR count). The maximum Gasteiger partial charge on any atom is 0.343 e. The van der Waals surface area contributed by atoms with Gasteiger partial charge in [-0.2, -0.15) is 17.6 Å². The van der Waals surface area contributed by atoms with E-state index in [-0.39, 0.29) is 52.2 Å². The van der Waals surface area contributed by atoms with Crippen molar-refractivity contribution >= 4 is 58.9 Å². The Balaban J connectivity index is 1.29. The van der Waals surface area contributed by atoms with Crippen LogP contribution >= 0.6 is 31.9 Å². The molecule has 8 nitrogen and oxygen atoms in total. The number of rotatable bonds is 16. The molecule has 2 aliphatic heterocycles. The van der Waals surface area contributed by atoms with Crippen LogP contribution in [0.15, 0.2) is 36.4 Å². The number of fused-ring (bicyclic) bond motifs is 1. The maximum absolute atomic E-state index is 16.0. The van der Waals surface area contributed by atoms with Crippen molar-refractivity contribution in [3.63, 3.8) is 0 Å². The second-order valence-corrected chi connectivity index (χ2v) is 15.1. The molecule has 2 aliphatic rings. The number of hydrogen-bond donors (Lipinski definition) is 0. The fraction of sp³-hybridized carbons (Fsp3) is 0.406. The van der Waals surface area contributed by atoms with E-state index in [1.165, 1.54) is 12.1 Å². The van der Waals surface area contributed by atoms with E-state index in [0.717, 1.165) is 47.8 Å². The lowest BCUT2D eigenvalue weighted by atomic mass is 10.0. The molecule has 0 N–H and O–H groups in total. The Bertz CT molecular complexity index is 1680. The van der Waals surface area contributed by atoms with E-state index in [1.54, 1.807) is 0 Å². The van der Waals surface area contributed by atoms with Crippen LogP contribution in [0.1, 0.15) is 28.8 Å². The van der Waals surface area contributed by atoms with Crippen LogP contribution in [0, 0.1) is 40.9 Å². The van der Waals surface area contributed by atoms with Crippen LogP contribution in [0.3, 0.4) is 0 Å². The third-order valence-corrected chi connectivity index (χ3v) is 10.7. The van der Waals surface area contributed by atoms with Gasteiger partial charge in [-0.05, 0) is 29.0 Å². The number of alkyl halides is 2. The zero-order valence-electron chi connectivity index (χ0n) is 25.9. The van der Waals surface area contributed by atoms with Gasteiger partial charge in [0, 0.05) is 41.7 Å². The molecule has 0 aromatic heterocycles. The number of esters is 1. The molecule has 270 valence electrons. The second kappa shape index (κ2) is 17.2. The first-order chi connectivity index (χ1) is 23.8. The summed E-state index contributed by atoms with van der Waals surface area (Å²) in [4.78, 5) is 37.0. The molecule has 18 heteroatoms. The summed E-state index contributed by atoms with van der Waals surface area (Å²) in [6, 6.07) is 6.89. The lowest BCUT2D eigenvalue weighted by Gasteiger charge is -2.27. The zero-order chi connectivity index (χ0) is 36.0. The Morgan fingerprint density at radius 2 is 1.22 bits per heavy atom. The van der Waals surface area contributed by atoms with E-state index < -0.39 is 66.0 Å². The topological polar surface area (TPSA) is 97.4 Å². The minimum Gasteiger partial charge on any atom is -0.416 e. The van der Waals surface area contributed by atoms with Crippen LogP contribution in [0.25, 0.3) is 10.8 Å². The van der Waals surface area contributed by atoms with E-state index in [1.807, 2.05) is 0 Å². The first-order valence-electron chi connectivity index (χ1n) is 15.0. The van der Waals surface area contributed by atoms with Crippen molar-refractivity contribution in [2.75, 3.05) is 51.1 Å². The number of carbonyl (C=O) groups excluding carboxylic acids is 3. The fourth-order valence-electron chi connectivity index (χ4n) is 4.64. The molecule has 0 atom stereocenters. The number of benzene rings is 3. The van der Waals surface area contributed by atoms with E-state index in [4.69, 9.17) is 18.5 Å². The Labute approximate surface area is 290 Å². The van der Waals surface area contributed by atoms with Crippen LogP contribution in [0.2, 0.25) is 0 Å². The minimum absolute atomic E-state index is 0.0336. The van der Waals surface area contributed by atoms with Crippen LogP contribution in [0.5, 0.6) is 5.75 Å². The van der Waals surface area contributed by atoms with Crippen molar-refractivity contribution in [1.29, 1.82) is 0 Å². The SMILES string of the molecule is O=C(CC1COC1)SCCOP(OCCSC(=O)CC1COC1)C(F)(F)c1ccc2ccc(C(=O)Oc3c(F)c(F)c(F)c(F)c3F)cc2c1. The van der Waals surface area contributed by atoms with Crippen molar-refractivity contribution in [1.82, 2.24) is 0 Å². The average Bonchev–Trinajstić information content (AvgIpc) is 3.06. The van der Waals surface area contributed by atoms with Gasteiger partial charge in [-0.1, -0.05) is 41.7 Å². The highest BCUT2D eigenvalue weighted by atomic mass is 32.2. The molecule has 0 aliphatic carbocycles. The summed E-state index contributed by atoms with van der Waals surface area (Å²) in [5, 5.41) is 0.123. The molecule has 50 heavy (non-hydrogen) atoms. The summed E-state index contributed by atoms with van der Waals surface area (Å²) in [5.41, 5.74) is -4.79. The summed E-state index contributed by atoms with van der Waals surface area (Å²) in [5.74, 6) is -14.7. The molecule has 0 radical (unpaired) electrons. The molecule has 2 saturated heterocycles. The molecular weight excluding hydrogens is 740 g/mol. The monoisotopic (exact) mass is 768 g/mol. The van der Waals surface area contributed by atoms with Crippen LogP contribution < -0.4 is 4.74 Å². The third-order valence-electron chi connectivity index (χ3n) is 7.45. The Morgan fingerprint density at radius 3 is 1.72 bits per heavy atom. The molecule has 3 aromatic carbocycles. The molecule has 2 fully saturated rings. The van der Waals surface area contributed by atoms with E-state index in [9.17, 15) is 36.3 Å². The van der Waals surface area contributed by atoms with Gasteiger partial charge >= 0.3 is 11.6 Å². The van der Waals surface area contributed by atoms with Crippen LogP contribution in [-0.2, 0) is 33.8 Å². The van der Waals surface area contributed by atoms with E-state index >= 15 is 8.78 Å². The van der Waals surface area contributed by atoms with Crippen molar-refractivity contribution in [3.05, 3.63) is 76.6 Å². The van der Waals surface area contributed by atoms with Crippen LogP contribution in [0.4, 0.5) is 30.7 Å². The molecular formula is C32H28F7O8PS2. The lowest BCUT2D eigenvalue weighted by Crippen LogP contribution is -2.29. The van der Waals surface area contributed by atoms with Crippen molar-refractivity contribution in [2.45, 2.75) is 18.5 Å². The van der Waals surface area contributed by atoms with Gasteiger partial charge < -0.3 is 23.3 Å². The highest BCUT2D eigenvalue weighted by Gasteiger charge is 2.45. The summed E-state index contributed by atoms with van der Waals surface area (Å²) in [6.45, 7) is 1.44.